The Balaban J connectivity index is 3.05. The average molecular weight is 206 g/mol. The summed E-state index contributed by atoms with van der Waals surface area (Å²) >= 11 is 0. The van der Waals surface area contributed by atoms with Gasteiger partial charge in [-0.2, -0.15) is 0 Å². The van der Waals surface area contributed by atoms with Crippen LogP contribution in [0.5, 0.6) is 5.75 Å². The first-order chi connectivity index (χ1) is 7.24. The maximum absolute atomic E-state index is 10.8. The number of carbonyl (C=O) groups is 1. The Labute approximate surface area is 91.3 Å². The second-order valence-electron chi connectivity index (χ2n) is 3.75. The van der Waals surface area contributed by atoms with Crippen LogP contribution in [0.25, 0.3) is 0 Å². The summed E-state index contributed by atoms with van der Waals surface area (Å²) < 4.78 is 5.31. The minimum Gasteiger partial charge on any atom is -0.496 e. The van der Waals surface area contributed by atoms with E-state index in [2.05, 4.69) is 6.92 Å². The number of benzene rings is 1. The van der Waals surface area contributed by atoms with Gasteiger partial charge in [0.05, 0.1) is 7.11 Å². The summed E-state index contributed by atoms with van der Waals surface area (Å²) in [7, 11) is 1.66. The molecule has 0 aliphatic heterocycles. The highest BCUT2D eigenvalue weighted by molar-refractivity contribution is 5.56. The van der Waals surface area contributed by atoms with Gasteiger partial charge in [-0.3, -0.25) is 0 Å². The highest BCUT2D eigenvalue weighted by atomic mass is 16.5. The standard InChI is InChI=1S/C13H18O2/c1-4-11(10(2)9-14)12-7-5-6-8-13(12)15-3/h5-11H,4H2,1-3H3. The molecule has 0 aliphatic carbocycles. The Hall–Kier alpha value is -1.31. The molecule has 2 heteroatoms. The predicted octanol–water partition coefficient (Wildman–Crippen LogP) is 3.02. The summed E-state index contributed by atoms with van der Waals surface area (Å²) in [5.74, 6) is 1.16. The predicted molar refractivity (Wildman–Crippen MR) is 61.3 cm³/mol. The molecule has 0 heterocycles. The van der Waals surface area contributed by atoms with Gasteiger partial charge in [-0.15, -0.1) is 0 Å². The van der Waals surface area contributed by atoms with E-state index < -0.39 is 0 Å². The zero-order valence-corrected chi connectivity index (χ0v) is 9.57. The van der Waals surface area contributed by atoms with Crippen molar-refractivity contribution in [2.45, 2.75) is 26.2 Å². The van der Waals surface area contributed by atoms with Crippen molar-refractivity contribution >= 4 is 6.29 Å². The van der Waals surface area contributed by atoms with E-state index in [0.29, 0.717) is 0 Å². The van der Waals surface area contributed by atoms with Gasteiger partial charge in [-0.1, -0.05) is 32.0 Å². The molecule has 0 N–H and O–H groups in total. The minimum atomic E-state index is 0.0336. The van der Waals surface area contributed by atoms with Crippen molar-refractivity contribution in [2.75, 3.05) is 7.11 Å². The van der Waals surface area contributed by atoms with Gasteiger partial charge >= 0.3 is 0 Å². The van der Waals surface area contributed by atoms with Crippen LogP contribution in [0.1, 0.15) is 31.7 Å². The number of rotatable bonds is 5. The summed E-state index contributed by atoms with van der Waals surface area (Å²) in [6, 6.07) is 7.90. The van der Waals surface area contributed by atoms with Gasteiger partial charge < -0.3 is 9.53 Å². The van der Waals surface area contributed by atoms with Crippen molar-refractivity contribution < 1.29 is 9.53 Å². The van der Waals surface area contributed by atoms with E-state index in [9.17, 15) is 4.79 Å². The molecule has 2 nitrogen and oxygen atoms in total. The smallest absolute Gasteiger partial charge is 0.123 e. The number of hydrogen-bond acceptors (Lipinski definition) is 2. The third-order valence-electron chi connectivity index (χ3n) is 2.83. The third-order valence-corrected chi connectivity index (χ3v) is 2.83. The largest absolute Gasteiger partial charge is 0.496 e. The van der Waals surface area contributed by atoms with E-state index in [1.165, 1.54) is 0 Å². The minimum absolute atomic E-state index is 0.0336. The van der Waals surface area contributed by atoms with Gasteiger partial charge in [0.2, 0.25) is 0 Å². The number of para-hydroxylation sites is 1. The fourth-order valence-corrected chi connectivity index (χ4v) is 1.94. The molecule has 0 saturated carbocycles. The number of ether oxygens (including phenoxy) is 1. The molecule has 1 aromatic carbocycles. The highest BCUT2D eigenvalue weighted by Crippen LogP contribution is 2.33. The third kappa shape index (κ3) is 2.58. The second-order valence-corrected chi connectivity index (χ2v) is 3.75. The number of hydrogen-bond donors (Lipinski definition) is 0. The van der Waals surface area contributed by atoms with Crippen LogP contribution in [-0.4, -0.2) is 13.4 Å². The fourth-order valence-electron chi connectivity index (χ4n) is 1.94. The van der Waals surface area contributed by atoms with Crippen LogP contribution in [0.3, 0.4) is 0 Å². The first kappa shape index (κ1) is 11.8. The van der Waals surface area contributed by atoms with Gasteiger partial charge in [0.15, 0.2) is 0 Å². The lowest BCUT2D eigenvalue weighted by molar-refractivity contribution is -0.111. The molecular formula is C13H18O2. The zero-order chi connectivity index (χ0) is 11.3. The number of carbonyl (C=O) groups excluding carboxylic acids is 1. The quantitative estimate of drug-likeness (QED) is 0.692. The highest BCUT2D eigenvalue weighted by Gasteiger charge is 2.19. The number of methoxy groups -OCH3 is 1. The van der Waals surface area contributed by atoms with Crippen LogP contribution in [-0.2, 0) is 4.79 Å². The van der Waals surface area contributed by atoms with Crippen LogP contribution in [0.2, 0.25) is 0 Å². The van der Waals surface area contributed by atoms with Crippen molar-refractivity contribution in [1.82, 2.24) is 0 Å². The summed E-state index contributed by atoms with van der Waals surface area (Å²) in [5, 5.41) is 0. The van der Waals surface area contributed by atoms with E-state index in [1.54, 1.807) is 7.11 Å². The molecule has 2 unspecified atom stereocenters. The molecule has 1 aromatic rings. The van der Waals surface area contributed by atoms with Crippen molar-refractivity contribution in [3.8, 4) is 5.75 Å². The van der Waals surface area contributed by atoms with E-state index in [1.807, 2.05) is 31.2 Å². The van der Waals surface area contributed by atoms with Crippen molar-refractivity contribution in [3.05, 3.63) is 29.8 Å². The van der Waals surface area contributed by atoms with Crippen molar-refractivity contribution in [3.63, 3.8) is 0 Å². The van der Waals surface area contributed by atoms with Crippen LogP contribution in [0.4, 0.5) is 0 Å². The molecule has 0 aliphatic rings. The summed E-state index contributed by atoms with van der Waals surface area (Å²) in [4.78, 5) is 10.8. The monoisotopic (exact) mass is 206 g/mol. The van der Waals surface area contributed by atoms with E-state index in [-0.39, 0.29) is 11.8 Å². The maximum Gasteiger partial charge on any atom is 0.123 e. The van der Waals surface area contributed by atoms with Crippen LogP contribution < -0.4 is 4.74 Å². The molecule has 15 heavy (non-hydrogen) atoms. The molecule has 0 amide bonds. The second kappa shape index (κ2) is 5.54. The molecule has 1 rings (SSSR count). The van der Waals surface area contributed by atoms with E-state index in [0.717, 1.165) is 24.0 Å². The summed E-state index contributed by atoms with van der Waals surface area (Å²) in [5.41, 5.74) is 1.13. The Bertz CT molecular complexity index is 320. The van der Waals surface area contributed by atoms with Gasteiger partial charge in [0.25, 0.3) is 0 Å². The SMILES string of the molecule is CCC(c1ccccc1OC)C(C)C=O. The number of aldehydes is 1. The topological polar surface area (TPSA) is 26.3 Å². The Morgan fingerprint density at radius 1 is 1.40 bits per heavy atom. The first-order valence-electron chi connectivity index (χ1n) is 5.32. The molecular weight excluding hydrogens is 188 g/mol. The molecule has 0 bridgehead atoms. The fraction of sp³-hybridized carbons (Fsp3) is 0.462. The Kier molecular flexibility index (Phi) is 4.35. The van der Waals surface area contributed by atoms with Crippen molar-refractivity contribution in [1.29, 1.82) is 0 Å². The van der Waals surface area contributed by atoms with E-state index >= 15 is 0 Å². The van der Waals surface area contributed by atoms with Gasteiger partial charge in [-0.05, 0) is 24.0 Å². The van der Waals surface area contributed by atoms with Crippen molar-refractivity contribution in [2.24, 2.45) is 5.92 Å². The lowest BCUT2D eigenvalue weighted by Crippen LogP contribution is -2.11. The van der Waals surface area contributed by atoms with Gasteiger partial charge in [-0.25, -0.2) is 0 Å². The molecule has 0 radical (unpaired) electrons. The molecule has 2 atom stereocenters. The zero-order valence-electron chi connectivity index (χ0n) is 9.57. The summed E-state index contributed by atoms with van der Waals surface area (Å²) in [6.45, 7) is 4.05. The van der Waals surface area contributed by atoms with Gasteiger partial charge in [0.1, 0.15) is 12.0 Å². The molecule has 82 valence electrons. The Morgan fingerprint density at radius 3 is 2.60 bits per heavy atom. The normalized spacial score (nSPS) is 14.3. The lowest BCUT2D eigenvalue weighted by atomic mass is 9.85. The lowest BCUT2D eigenvalue weighted by Gasteiger charge is -2.20. The van der Waals surface area contributed by atoms with Crippen LogP contribution >= 0.6 is 0 Å². The molecule has 0 saturated heterocycles. The Morgan fingerprint density at radius 2 is 2.07 bits per heavy atom. The molecule has 0 fully saturated rings. The first-order valence-corrected chi connectivity index (χ1v) is 5.32. The summed E-state index contributed by atoms with van der Waals surface area (Å²) in [6.07, 6.45) is 1.96. The van der Waals surface area contributed by atoms with Crippen LogP contribution in [0, 0.1) is 5.92 Å². The maximum atomic E-state index is 10.8. The van der Waals surface area contributed by atoms with Crippen LogP contribution in [0.15, 0.2) is 24.3 Å². The molecule has 0 spiro atoms. The molecule has 0 aromatic heterocycles. The van der Waals surface area contributed by atoms with Gasteiger partial charge in [0, 0.05) is 5.92 Å². The van der Waals surface area contributed by atoms with E-state index in [4.69, 9.17) is 4.74 Å². The average Bonchev–Trinajstić information content (AvgIpc) is 2.30.